The summed E-state index contributed by atoms with van der Waals surface area (Å²) in [6.45, 7) is 6.92. The summed E-state index contributed by atoms with van der Waals surface area (Å²) in [6, 6.07) is 10.8. The van der Waals surface area contributed by atoms with E-state index in [2.05, 4.69) is 63.3 Å². The molecule has 17 heavy (non-hydrogen) atoms. The molecule has 0 aliphatic carbocycles. The van der Waals surface area contributed by atoms with Gasteiger partial charge in [0.25, 0.3) is 0 Å². The number of quaternary nitrogens is 1. The van der Waals surface area contributed by atoms with Crippen LogP contribution in [0.3, 0.4) is 0 Å². The fourth-order valence-corrected chi connectivity index (χ4v) is 2.08. The van der Waals surface area contributed by atoms with E-state index in [0.29, 0.717) is 0 Å². The Morgan fingerprint density at radius 3 is 2.35 bits per heavy atom. The monoisotopic (exact) mass is 235 g/mol. The molecule has 2 nitrogen and oxygen atoms in total. The van der Waals surface area contributed by atoms with Crippen molar-refractivity contribution < 1.29 is 4.48 Å². The Kier molecular flexibility index (Phi) is 5.66. The summed E-state index contributed by atoms with van der Waals surface area (Å²) in [5.74, 6) is 0. The molecular weight excluding hydrogens is 208 g/mol. The van der Waals surface area contributed by atoms with Gasteiger partial charge in [0.1, 0.15) is 6.54 Å². The molecule has 0 heterocycles. The van der Waals surface area contributed by atoms with Crippen LogP contribution in [0.25, 0.3) is 0 Å². The maximum atomic E-state index is 2.38. The number of hydrogen-bond acceptors (Lipinski definition) is 1. The normalized spacial score (nSPS) is 12.1. The van der Waals surface area contributed by atoms with Gasteiger partial charge in [-0.25, -0.2) is 0 Å². The first-order chi connectivity index (χ1) is 8.03. The zero-order valence-electron chi connectivity index (χ0n) is 11.8. The number of benzene rings is 1. The first-order valence-corrected chi connectivity index (χ1v) is 6.58. The van der Waals surface area contributed by atoms with Crippen LogP contribution in [-0.2, 0) is 6.54 Å². The van der Waals surface area contributed by atoms with Crippen molar-refractivity contribution in [2.45, 2.75) is 19.9 Å². The van der Waals surface area contributed by atoms with Crippen LogP contribution >= 0.6 is 0 Å². The summed E-state index contributed by atoms with van der Waals surface area (Å²) in [5.41, 5.74) is 1.43. The molecule has 1 aromatic carbocycles. The van der Waals surface area contributed by atoms with Gasteiger partial charge in [0.05, 0.1) is 20.6 Å². The Morgan fingerprint density at radius 1 is 1.12 bits per heavy atom. The number of nitrogens with zero attached hydrogens (tertiary/aromatic N) is 2. The van der Waals surface area contributed by atoms with Gasteiger partial charge < -0.3 is 9.38 Å². The van der Waals surface area contributed by atoms with E-state index in [1.807, 2.05) is 0 Å². The fraction of sp³-hybridized carbons (Fsp3) is 0.600. The minimum atomic E-state index is 1.07. The van der Waals surface area contributed by atoms with E-state index in [1.54, 1.807) is 0 Å². The number of rotatable bonds is 7. The zero-order valence-corrected chi connectivity index (χ0v) is 11.8. The van der Waals surface area contributed by atoms with Gasteiger partial charge in [0.15, 0.2) is 0 Å². The minimum absolute atomic E-state index is 1.07. The highest BCUT2D eigenvalue weighted by atomic mass is 15.3. The van der Waals surface area contributed by atoms with Crippen LogP contribution in [0.4, 0.5) is 0 Å². The van der Waals surface area contributed by atoms with Crippen molar-refractivity contribution in [2.75, 3.05) is 40.8 Å². The molecule has 0 saturated carbocycles. The van der Waals surface area contributed by atoms with Gasteiger partial charge in [0, 0.05) is 18.5 Å². The predicted octanol–water partition coefficient (Wildman–Crippen LogP) is 2.60. The average molecular weight is 235 g/mol. The smallest absolute Gasteiger partial charge is 0.104 e. The van der Waals surface area contributed by atoms with Gasteiger partial charge in [-0.3, -0.25) is 0 Å². The molecule has 1 aromatic rings. The summed E-state index contributed by atoms with van der Waals surface area (Å²) in [5, 5.41) is 0. The van der Waals surface area contributed by atoms with Crippen molar-refractivity contribution in [1.82, 2.24) is 4.90 Å². The van der Waals surface area contributed by atoms with E-state index in [9.17, 15) is 0 Å². The number of hydrogen-bond donors (Lipinski definition) is 0. The lowest BCUT2D eigenvalue weighted by molar-refractivity contribution is -0.903. The SMILES string of the molecule is CCN(C)CCC[N+](C)(C)Cc1ccccc1. The molecule has 0 radical (unpaired) electrons. The van der Waals surface area contributed by atoms with Crippen LogP contribution in [0, 0.1) is 0 Å². The molecule has 0 bridgehead atoms. The second-order valence-electron chi connectivity index (χ2n) is 5.55. The second kappa shape index (κ2) is 6.77. The van der Waals surface area contributed by atoms with Crippen molar-refractivity contribution in [2.24, 2.45) is 0 Å². The van der Waals surface area contributed by atoms with Crippen molar-refractivity contribution in [3.05, 3.63) is 35.9 Å². The Hall–Kier alpha value is -0.860. The van der Waals surface area contributed by atoms with Crippen LogP contribution in [-0.4, -0.2) is 50.2 Å². The second-order valence-corrected chi connectivity index (χ2v) is 5.55. The lowest BCUT2D eigenvalue weighted by atomic mass is 10.2. The maximum Gasteiger partial charge on any atom is 0.104 e. The summed E-state index contributed by atoms with van der Waals surface area (Å²) in [4.78, 5) is 2.38. The zero-order chi connectivity index (χ0) is 12.7. The molecule has 0 N–H and O–H groups in total. The van der Waals surface area contributed by atoms with Gasteiger partial charge in [-0.1, -0.05) is 37.3 Å². The largest absolute Gasteiger partial charge is 0.325 e. The molecule has 0 unspecified atom stereocenters. The average Bonchev–Trinajstić information content (AvgIpc) is 2.29. The molecule has 0 saturated heterocycles. The van der Waals surface area contributed by atoms with Gasteiger partial charge in [-0.15, -0.1) is 0 Å². The highest BCUT2D eigenvalue weighted by Gasteiger charge is 2.15. The molecule has 0 amide bonds. The first kappa shape index (κ1) is 14.2. The van der Waals surface area contributed by atoms with E-state index in [1.165, 1.54) is 25.1 Å². The Bertz CT molecular complexity index is 306. The molecule has 0 aliphatic rings. The summed E-state index contributed by atoms with van der Waals surface area (Å²) >= 11 is 0. The van der Waals surface area contributed by atoms with E-state index >= 15 is 0 Å². The molecule has 0 aliphatic heterocycles. The van der Waals surface area contributed by atoms with Crippen molar-refractivity contribution in [1.29, 1.82) is 0 Å². The minimum Gasteiger partial charge on any atom is -0.325 e. The fourth-order valence-electron chi connectivity index (χ4n) is 2.08. The molecular formula is C15H27N2+. The third-order valence-electron chi connectivity index (χ3n) is 3.30. The Labute approximate surface area is 106 Å². The molecule has 1 rings (SSSR count). The lowest BCUT2D eigenvalue weighted by Crippen LogP contribution is -2.40. The summed E-state index contributed by atoms with van der Waals surface area (Å²) in [7, 11) is 6.83. The van der Waals surface area contributed by atoms with E-state index < -0.39 is 0 Å². The van der Waals surface area contributed by atoms with Crippen LogP contribution in [0.2, 0.25) is 0 Å². The van der Waals surface area contributed by atoms with Gasteiger partial charge in [-0.2, -0.15) is 0 Å². The van der Waals surface area contributed by atoms with E-state index in [0.717, 1.165) is 17.6 Å². The molecule has 0 aromatic heterocycles. The van der Waals surface area contributed by atoms with Gasteiger partial charge in [-0.05, 0) is 13.6 Å². The van der Waals surface area contributed by atoms with Crippen LogP contribution < -0.4 is 0 Å². The standard InChI is InChI=1S/C15H27N2/c1-5-16(2)12-9-13-17(3,4)14-15-10-7-6-8-11-15/h6-8,10-11H,5,9,12-14H2,1-4H3/q+1. The van der Waals surface area contributed by atoms with Crippen molar-refractivity contribution in [3.8, 4) is 0 Å². The molecule has 96 valence electrons. The van der Waals surface area contributed by atoms with Gasteiger partial charge >= 0.3 is 0 Å². The van der Waals surface area contributed by atoms with E-state index in [4.69, 9.17) is 0 Å². The quantitative estimate of drug-likeness (QED) is 0.657. The first-order valence-electron chi connectivity index (χ1n) is 6.58. The topological polar surface area (TPSA) is 3.24 Å². The third-order valence-corrected chi connectivity index (χ3v) is 3.30. The molecule has 0 atom stereocenters. The highest BCUT2D eigenvalue weighted by molar-refractivity contribution is 5.13. The lowest BCUT2D eigenvalue weighted by Gasteiger charge is -2.30. The summed E-state index contributed by atoms with van der Waals surface area (Å²) in [6.07, 6.45) is 1.27. The van der Waals surface area contributed by atoms with Crippen LogP contribution in [0.1, 0.15) is 18.9 Å². The molecule has 2 heteroatoms. The summed E-state index contributed by atoms with van der Waals surface area (Å²) < 4.78 is 1.07. The third kappa shape index (κ3) is 5.85. The van der Waals surface area contributed by atoms with Crippen LogP contribution in [0.5, 0.6) is 0 Å². The highest BCUT2D eigenvalue weighted by Crippen LogP contribution is 2.09. The van der Waals surface area contributed by atoms with Crippen LogP contribution in [0.15, 0.2) is 30.3 Å². The van der Waals surface area contributed by atoms with E-state index in [-0.39, 0.29) is 0 Å². The maximum absolute atomic E-state index is 2.38. The Morgan fingerprint density at radius 2 is 1.76 bits per heavy atom. The molecule has 0 spiro atoms. The Balaban J connectivity index is 2.36. The van der Waals surface area contributed by atoms with Crippen molar-refractivity contribution >= 4 is 0 Å². The van der Waals surface area contributed by atoms with Gasteiger partial charge in [0.2, 0.25) is 0 Å². The molecule has 0 fully saturated rings. The van der Waals surface area contributed by atoms with Crippen molar-refractivity contribution in [3.63, 3.8) is 0 Å². The predicted molar refractivity (Wildman–Crippen MR) is 74.9 cm³/mol.